The first-order valence-electron chi connectivity index (χ1n) is 9.83. The summed E-state index contributed by atoms with van der Waals surface area (Å²) in [6, 6.07) is 0. The molecule has 1 saturated heterocycles. The molecule has 2 aliphatic rings. The van der Waals surface area contributed by atoms with Crippen LogP contribution in [0.1, 0.15) is 64.7 Å². The Kier molecular flexibility index (Phi) is 9.32. The van der Waals surface area contributed by atoms with Crippen molar-refractivity contribution in [1.82, 2.24) is 0 Å². The molecule has 6 nitrogen and oxygen atoms in total. The summed E-state index contributed by atoms with van der Waals surface area (Å²) in [5, 5.41) is 17.8. The number of hydrogen-bond acceptors (Lipinski definition) is 5. The summed E-state index contributed by atoms with van der Waals surface area (Å²) >= 11 is 0. The van der Waals surface area contributed by atoms with Crippen LogP contribution in [-0.4, -0.2) is 34.6 Å². The molecule has 5 atom stereocenters. The van der Waals surface area contributed by atoms with Crippen molar-refractivity contribution >= 4 is 5.97 Å². The minimum atomic E-state index is -0.748. The van der Waals surface area contributed by atoms with Crippen molar-refractivity contribution in [2.24, 2.45) is 11.8 Å². The number of hydrogen-bond donors (Lipinski definition) is 2. The molecule has 0 spiro atoms. The van der Waals surface area contributed by atoms with Gasteiger partial charge in [-0.1, -0.05) is 50.5 Å². The third-order valence-electron chi connectivity index (χ3n) is 5.28. The minimum absolute atomic E-state index is 0.0663. The SMILES string of the molecule is CCCCC[C@@H](/C=C/[C@H]1[C@H]2CC(OO2)[C@@H]1C/C=C\CCCC(=O)O)OO. The maximum atomic E-state index is 10.5. The highest BCUT2D eigenvalue weighted by Crippen LogP contribution is 2.44. The van der Waals surface area contributed by atoms with Crippen molar-refractivity contribution in [2.45, 2.75) is 83.0 Å². The Hall–Kier alpha value is -1.21. The van der Waals surface area contributed by atoms with Gasteiger partial charge < -0.3 is 5.11 Å². The van der Waals surface area contributed by atoms with Crippen LogP contribution >= 0.6 is 0 Å². The number of allylic oxidation sites excluding steroid dienone is 2. The number of carbonyl (C=O) groups is 1. The summed E-state index contributed by atoms with van der Waals surface area (Å²) in [6.45, 7) is 2.15. The van der Waals surface area contributed by atoms with E-state index in [1.165, 1.54) is 0 Å². The van der Waals surface area contributed by atoms with Crippen LogP contribution in [0.3, 0.4) is 0 Å². The number of fused-ring (bicyclic) bond motifs is 2. The van der Waals surface area contributed by atoms with Crippen LogP contribution in [0.15, 0.2) is 24.3 Å². The van der Waals surface area contributed by atoms with Crippen molar-refractivity contribution < 1.29 is 29.8 Å². The molecule has 148 valence electrons. The molecule has 1 saturated carbocycles. The molecule has 1 aliphatic heterocycles. The Labute approximate surface area is 155 Å². The second-order valence-electron chi connectivity index (χ2n) is 7.26. The Balaban J connectivity index is 1.82. The molecule has 0 amide bonds. The van der Waals surface area contributed by atoms with Gasteiger partial charge in [0, 0.05) is 24.7 Å². The standard InChI is InChI=1S/C20H32O6/c1-2-3-6-9-15(24-23)12-13-17-16(18-14-19(17)26-25-18)10-7-4-5-8-11-20(21)22/h4,7,12-13,15-19,23H,2-3,5-6,8-11,14H2,1H3,(H,21,22)/b7-4-,13-12+/t15-,16+,17+,18?,19+/m0/s1. The maximum Gasteiger partial charge on any atom is 0.303 e. The number of aliphatic carboxylic acids is 1. The average Bonchev–Trinajstić information content (AvgIpc) is 3.22. The summed E-state index contributed by atoms with van der Waals surface area (Å²) in [6.07, 6.45) is 15.7. The largest absolute Gasteiger partial charge is 0.481 e. The molecule has 1 unspecified atom stereocenters. The summed E-state index contributed by atoms with van der Waals surface area (Å²) in [5.74, 6) is -0.154. The van der Waals surface area contributed by atoms with Crippen LogP contribution in [-0.2, 0) is 19.5 Å². The van der Waals surface area contributed by atoms with Crippen LogP contribution in [0.5, 0.6) is 0 Å². The van der Waals surface area contributed by atoms with E-state index in [1.807, 2.05) is 6.08 Å². The van der Waals surface area contributed by atoms with Crippen molar-refractivity contribution in [3.63, 3.8) is 0 Å². The first-order valence-corrected chi connectivity index (χ1v) is 9.83. The number of unbranched alkanes of at least 4 members (excludes halogenated alkanes) is 3. The quantitative estimate of drug-likeness (QED) is 0.215. The fourth-order valence-electron chi connectivity index (χ4n) is 3.79. The molecule has 1 aliphatic carbocycles. The Morgan fingerprint density at radius 2 is 2.04 bits per heavy atom. The third kappa shape index (κ3) is 6.50. The predicted octanol–water partition coefficient (Wildman–Crippen LogP) is 4.52. The van der Waals surface area contributed by atoms with Gasteiger partial charge in [-0.2, -0.15) is 0 Å². The fourth-order valence-corrected chi connectivity index (χ4v) is 3.79. The molecule has 26 heavy (non-hydrogen) atoms. The Morgan fingerprint density at radius 1 is 1.23 bits per heavy atom. The van der Waals surface area contributed by atoms with Crippen LogP contribution < -0.4 is 0 Å². The average molecular weight is 368 g/mol. The molecule has 0 aromatic carbocycles. The summed E-state index contributed by atoms with van der Waals surface area (Å²) in [7, 11) is 0. The van der Waals surface area contributed by atoms with E-state index in [2.05, 4.69) is 30.0 Å². The molecule has 2 rings (SSSR count). The monoisotopic (exact) mass is 368 g/mol. The highest BCUT2D eigenvalue weighted by atomic mass is 17.2. The van der Waals surface area contributed by atoms with Crippen molar-refractivity contribution in [2.75, 3.05) is 0 Å². The van der Waals surface area contributed by atoms with Gasteiger partial charge >= 0.3 is 5.97 Å². The number of carboxylic acid groups (broad SMARTS) is 1. The zero-order chi connectivity index (χ0) is 18.8. The van der Waals surface area contributed by atoms with E-state index in [0.717, 1.165) is 44.9 Å². The first-order chi connectivity index (χ1) is 12.7. The lowest BCUT2D eigenvalue weighted by atomic mass is 9.89. The molecule has 0 aromatic rings. The molecule has 2 fully saturated rings. The van der Waals surface area contributed by atoms with E-state index in [4.69, 9.17) is 20.1 Å². The summed E-state index contributed by atoms with van der Waals surface area (Å²) in [4.78, 5) is 25.9. The van der Waals surface area contributed by atoms with Crippen molar-refractivity contribution in [3.8, 4) is 0 Å². The highest BCUT2D eigenvalue weighted by molar-refractivity contribution is 5.66. The zero-order valence-electron chi connectivity index (χ0n) is 15.6. The zero-order valence-corrected chi connectivity index (χ0v) is 15.6. The Morgan fingerprint density at radius 3 is 2.77 bits per heavy atom. The Bertz CT molecular complexity index is 475. The van der Waals surface area contributed by atoms with Gasteiger partial charge in [-0.05, 0) is 25.7 Å². The van der Waals surface area contributed by atoms with Crippen LogP contribution in [0, 0.1) is 11.8 Å². The number of rotatable bonds is 13. The van der Waals surface area contributed by atoms with Gasteiger partial charge in [0.25, 0.3) is 0 Å². The fraction of sp³-hybridized carbons (Fsp3) is 0.750. The second kappa shape index (κ2) is 11.5. The maximum absolute atomic E-state index is 10.5. The van der Waals surface area contributed by atoms with Crippen LogP contribution in [0.4, 0.5) is 0 Å². The summed E-state index contributed by atoms with van der Waals surface area (Å²) in [5.41, 5.74) is 0. The third-order valence-corrected chi connectivity index (χ3v) is 5.28. The van der Waals surface area contributed by atoms with Gasteiger partial charge in [-0.25, -0.2) is 14.7 Å². The van der Waals surface area contributed by atoms with E-state index in [1.54, 1.807) is 0 Å². The lowest BCUT2D eigenvalue weighted by molar-refractivity contribution is -0.336. The van der Waals surface area contributed by atoms with Gasteiger partial charge in [-0.15, -0.1) is 0 Å². The van der Waals surface area contributed by atoms with Gasteiger partial charge in [-0.3, -0.25) is 10.1 Å². The molecular weight excluding hydrogens is 336 g/mol. The van der Waals surface area contributed by atoms with Gasteiger partial charge in [0.1, 0.15) is 12.2 Å². The normalized spacial score (nSPS) is 29.2. The summed E-state index contributed by atoms with van der Waals surface area (Å²) < 4.78 is 0. The van der Waals surface area contributed by atoms with Gasteiger partial charge in [0.2, 0.25) is 0 Å². The van der Waals surface area contributed by atoms with Crippen molar-refractivity contribution in [3.05, 3.63) is 24.3 Å². The van der Waals surface area contributed by atoms with Crippen LogP contribution in [0.25, 0.3) is 0 Å². The molecule has 6 heteroatoms. The van der Waals surface area contributed by atoms with E-state index in [0.29, 0.717) is 12.3 Å². The molecule has 0 aromatic heterocycles. The van der Waals surface area contributed by atoms with Crippen LogP contribution in [0.2, 0.25) is 0 Å². The molecule has 2 N–H and O–H groups in total. The predicted molar refractivity (Wildman–Crippen MR) is 97.4 cm³/mol. The van der Waals surface area contributed by atoms with Crippen molar-refractivity contribution in [1.29, 1.82) is 0 Å². The smallest absolute Gasteiger partial charge is 0.303 e. The van der Waals surface area contributed by atoms with E-state index < -0.39 is 5.97 Å². The molecular formula is C20H32O6. The topological polar surface area (TPSA) is 85.2 Å². The molecule has 0 radical (unpaired) electrons. The number of carboxylic acids is 1. The minimum Gasteiger partial charge on any atom is -0.481 e. The lowest BCUT2D eigenvalue weighted by Gasteiger charge is -2.27. The van der Waals surface area contributed by atoms with E-state index in [9.17, 15) is 4.79 Å². The molecule has 2 bridgehead atoms. The second-order valence-corrected chi connectivity index (χ2v) is 7.26. The van der Waals surface area contributed by atoms with E-state index >= 15 is 0 Å². The highest BCUT2D eigenvalue weighted by Gasteiger charge is 2.49. The van der Waals surface area contributed by atoms with E-state index in [-0.39, 0.29) is 30.7 Å². The van der Waals surface area contributed by atoms with Gasteiger partial charge in [0.15, 0.2) is 0 Å². The lowest BCUT2D eigenvalue weighted by Crippen LogP contribution is -2.29. The first kappa shape index (κ1) is 21.1. The molecule has 1 heterocycles. The van der Waals surface area contributed by atoms with Gasteiger partial charge in [0.05, 0.1) is 6.10 Å².